The number of urea groups is 1. The van der Waals surface area contributed by atoms with Crippen molar-refractivity contribution in [3.8, 4) is 11.5 Å². The second kappa shape index (κ2) is 8.41. The zero-order valence-corrected chi connectivity index (χ0v) is 15.3. The average Bonchev–Trinajstić information content (AvgIpc) is 2.68. The minimum atomic E-state index is -4.74. The van der Waals surface area contributed by atoms with Crippen molar-refractivity contribution in [2.45, 2.75) is 25.1 Å². The lowest BCUT2D eigenvalue weighted by Crippen LogP contribution is -2.40. The number of carbonyl (C=O) groups is 1. The number of hydrogen-bond donors (Lipinski definition) is 1. The van der Waals surface area contributed by atoms with Crippen molar-refractivity contribution in [3.05, 3.63) is 54.1 Å². The fraction of sp³-hybridized carbons (Fsp3) is 0.350. The van der Waals surface area contributed by atoms with Crippen molar-refractivity contribution in [1.82, 2.24) is 4.90 Å². The molecule has 150 valence electrons. The van der Waals surface area contributed by atoms with Crippen LogP contribution in [-0.4, -0.2) is 37.5 Å². The number of methoxy groups -OCH3 is 1. The maximum atomic E-state index is 12.4. The van der Waals surface area contributed by atoms with Crippen molar-refractivity contribution in [2.75, 3.05) is 25.5 Å². The van der Waals surface area contributed by atoms with Crippen LogP contribution in [0.25, 0.3) is 0 Å². The topological polar surface area (TPSA) is 50.8 Å². The van der Waals surface area contributed by atoms with Gasteiger partial charge in [-0.2, -0.15) is 0 Å². The molecule has 3 rings (SSSR count). The van der Waals surface area contributed by atoms with Crippen molar-refractivity contribution < 1.29 is 27.4 Å². The molecule has 5 nitrogen and oxygen atoms in total. The Morgan fingerprint density at radius 2 is 1.71 bits per heavy atom. The molecule has 2 aromatic rings. The van der Waals surface area contributed by atoms with E-state index < -0.39 is 6.36 Å². The third-order valence-electron chi connectivity index (χ3n) is 4.70. The first-order valence-electron chi connectivity index (χ1n) is 8.90. The largest absolute Gasteiger partial charge is 0.573 e. The average molecular weight is 394 g/mol. The minimum absolute atomic E-state index is 0.275. The fourth-order valence-electron chi connectivity index (χ4n) is 3.34. The first-order chi connectivity index (χ1) is 13.4. The number of hydrogen-bond acceptors (Lipinski definition) is 3. The number of halogens is 3. The molecule has 0 aliphatic carbocycles. The number of benzene rings is 2. The number of likely N-dealkylation sites (tertiary alicyclic amines) is 1. The Balaban J connectivity index is 1.54. The Morgan fingerprint density at radius 3 is 2.32 bits per heavy atom. The molecule has 2 aromatic carbocycles. The van der Waals surface area contributed by atoms with E-state index in [-0.39, 0.29) is 11.8 Å². The van der Waals surface area contributed by atoms with E-state index >= 15 is 0 Å². The Labute approximate surface area is 161 Å². The van der Waals surface area contributed by atoms with Crippen LogP contribution in [0.5, 0.6) is 11.5 Å². The Morgan fingerprint density at radius 1 is 1.07 bits per heavy atom. The number of alkyl halides is 3. The molecular weight excluding hydrogens is 373 g/mol. The van der Waals surface area contributed by atoms with Crippen LogP contribution in [0.2, 0.25) is 0 Å². The van der Waals surface area contributed by atoms with Gasteiger partial charge in [-0.1, -0.05) is 18.2 Å². The summed E-state index contributed by atoms with van der Waals surface area (Å²) in [7, 11) is 1.65. The van der Waals surface area contributed by atoms with Gasteiger partial charge in [0, 0.05) is 18.8 Å². The highest BCUT2D eigenvalue weighted by Crippen LogP contribution is 2.34. The van der Waals surface area contributed by atoms with Crippen LogP contribution in [0.4, 0.5) is 23.7 Å². The molecule has 1 saturated heterocycles. The van der Waals surface area contributed by atoms with E-state index in [1.54, 1.807) is 12.0 Å². The van der Waals surface area contributed by atoms with Gasteiger partial charge >= 0.3 is 12.4 Å². The van der Waals surface area contributed by atoms with Crippen molar-refractivity contribution in [2.24, 2.45) is 0 Å². The van der Waals surface area contributed by atoms with E-state index in [9.17, 15) is 18.0 Å². The lowest BCUT2D eigenvalue weighted by atomic mass is 9.89. The molecular formula is C20H21F3N2O3. The monoisotopic (exact) mass is 394 g/mol. The Hall–Kier alpha value is -2.90. The summed E-state index contributed by atoms with van der Waals surface area (Å²) in [6.07, 6.45) is -3.12. The molecule has 0 unspecified atom stereocenters. The highest BCUT2D eigenvalue weighted by Gasteiger charge is 2.31. The zero-order chi connectivity index (χ0) is 20.1. The molecule has 0 saturated carbocycles. The van der Waals surface area contributed by atoms with Crippen LogP contribution in [0.15, 0.2) is 48.5 Å². The van der Waals surface area contributed by atoms with Crippen molar-refractivity contribution in [1.29, 1.82) is 0 Å². The summed E-state index contributed by atoms with van der Waals surface area (Å²) in [5.74, 6) is 0.841. The number of para-hydroxylation sites is 1. The maximum Gasteiger partial charge on any atom is 0.573 e. The standard InChI is InChI=1S/C20H21F3N2O3/c1-27-18-5-3-2-4-17(18)14-10-12-25(13-11-14)19(26)24-15-6-8-16(9-7-15)28-20(21,22)23/h2-9,14H,10-13H2,1H3,(H,24,26). The molecule has 1 aliphatic heterocycles. The van der Waals surface area contributed by atoms with Crippen LogP contribution in [-0.2, 0) is 0 Å². The molecule has 28 heavy (non-hydrogen) atoms. The van der Waals surface area contributed by atoms with E-state index in [0.29, 0.717) is 24.7 Å². The van der Waals surface area contributed by atoms with Gasteiger partial charge in [0.15, 0.2) is 0 Å². The predicted molar refractivity (Wildman–Crippen MR) is 98.7 cm³/mol. The molecule has 1 N–H and O–H groups in total. The number of ether oxygens (including phenoxy) is 2. The number of anilines is 1. The van der Waals surface area contributed by atoms with Gasteiger partial charge in [0.05, 0.1) is 7.11 Å². The summed E-state index contributed by atoms with van der Waals surface area (Å²) in [4.78, 5) is 14.1. The smallest absolute Gasteiger partial charge is 0.496 e. The van der Waals surface area contributed by atoms with E-state index in [0.717, 1.165) is 36.3 Å². The molecule has 0 radical (unpaired) electrons. The first kappa shape index (κ1) is 19.9. The SMILES string of the molecule is COc1ccccc1C1CCN(C(=O)Nc2ccc(OC(F)(F)F)cc2)CC1. The summed E-state index contributed by atoms with van der Waals surface area (Å²) < 4.78 is 45.8. The molecule has 2 amide bonds. The Kier molecular flexibility index (Phi) is 5.96. The molecule has 0 spiro atoms. The van der Waals surface area contributed by atoms with E-state index in [2.05, 4.69) is 10.1 Å². The maximum absolute atomic E-state index is 12.4. The van der Waals surface area contributed by atoms with Gasteiger partial charge in [0.2, 0.25) is 0 Å². The van der Waals surface area contributed by atoms with Gasteiger partial charge in [0.1, 0.15) is 11.5 Å². The summed E-state index contributed by atoms with van der Waals surface area (Å²) in [6, 6.07) is 12.7. The molecule has 1 fully saturated rings. The molecule has 0 atom stereocenters. The molecule has 0 bridgehead atoms. The molecule has 0 aromatic heterocycles. The van der Waals surface area contributed by atoms with E-state index in [1.165, 1.54) is 12.1 Å². The van der Waals surface area contributed by atoms with Gasteiger partial charge in [-0.15, -0.1) is 13.2 Å². The number of amides is 2. The highest BCUT2D eigenvalue weighted by molar-refractivity contribution is 5.89. The summed E-state index contributed by atoms with van der Waals surface area (Å²) in [6.45, 7) is 1.17. The molecule has 1 heterocycles. The summed E-state index contributed by atoms with van der Waals surface area (Å²) in [5.41, 5.74) is 1.55. The highest BCUT2D eigenvalue weighted by atomic mass is 19.4. The van der Waals surface area contributed by atoms with Crippen molar-refractivity contribution >= 4 is 11.7 Å². The van der Waals surface area contributed by atoms with Gasteiger partial charge in [-0.05, 0) is 54.7 Å². The van der Waals surface area contributed by atoms with Crippen molar-refractivity contribution in [3.63, 3.8) is 0 Å². The van der Waals surface area contributed by atoms with Crippen LogP contribution in [0, 0.1) is 0 Å². The second-order valence-electron chi connectivity index (χ2n) is 6.51. The lowest BCUT2D eigenvalue weighted by Gasteiger charge is -2.32. The normalized spacial score (nSPS) is 15.2. The molecule has 1 aliphatic rings. The van der Waals surface area contributed by atoms with Gasteiger partial charge < -0.3 is 19.7 Å². The molecule has 8 heteroatoms. The fourth-order valence-corrected chi connectivity index (χ4v) is 3.34. The first-order valence-corrected chi connectivity index (χ1v) is 8.90. The van der Waals surface area contributed by atoms with Crippen LogP contribution < -0.4 is 14.8 Å². The van der Waals surface area contributed by atoms with Gasteiger partial charge in [-0.25, -0.2) is 4.79 Å². The summed E-state index contributed by atoms with van der Waals surface area (Å²) in [5, 5.41) is 2.70. The minimum Gasteiger partial charge on any atom is -0.496 e. The number of nitrogens with one attached hydrogen (secondary N) is 1. The lowest BCUT2D eigenvalue weighted by molar-refractivity contribution is -0.274. The van der Waals surface area contributed by atoms with Gasteiger partial charge in [0.25, 0.3) is 0 Å². The predicted octanol–water partition coefficient (Wildman–Crippen LogP) is 5.01. The third-order valence-corrected chi connectivity index (χ3v) is 4.70. The second-order valence-corrected chi connectivity index (χ2v) is 6.51. The Bertz CT molecular complexity index is 801. The van der Waals surface area contributed by atoms with Crippen LogP contribution in [0.3, 0.4) is 0 Å². The quantitative estimate of drug-likeness (QED) is 0.794. The van der Waals surface area contributed by atoms with Crippen LogP contribution in [0.1, 0.15) is 24.3 Å². The number of nitrogens with zero attached hydrogens (tertiary/aromatic N) is 1. The third kappa shape index (κ3) is 5.09. The van der Waals surface area contributed by atoms with E-state index in [4.69, 9.17) is 4.74 Å². The summed E-state index contributed by atoms with van der Waals surface area (Å²) >= 11 is 0. The van der Waals surface area contributed by atoms with E-state index in [1.807, 2.05) is 24.3 Å². The van der Waals surface area contributed by atoms with Crippen LogP contribution >= 0.6 is 0 Å². The zero-order valence-electron chi connectivity index (χ0n) is 15.3. The van der Waals surface area contributed by atoms with Gasteiger partial charge in [-0.3, -0.25) is 0 Å². The number of piperidine rings is 1. The number of rotatable bonds is 4. The number of carbonyl (C=O) groups excluding carboxylic acids is 1.